The Morgan fingerprint density at radius 2 is 2.04 bits per heavy atom. The Bertz CT molecular complexity index is 909. The lowest BCUT2D eigenvalue weighted by Gasteiger charge is -2.15. The topological polar surface area (TPSA) is 71.5 Å². The van der Waals surface area contributed by atoms with E-state index in [4.69, 9.17) is 28.7 Å². The van der Waals surface area contributed by atoms with Crippen LogP contribution in [0.15, 0.2) is 34.7 Å². The zero-order valence-corrected chi connectivity index (χ0v) is 15.1. The van der Waals surface area contributed by atoms with Crippen LogP contribution in [0.5, 0.6) is 11.5 Å². The number of furan rings is 1. The predicted molar refractivity (Wildman–Crippen MR) is 95.5 cm³/mol. The molecule has 1 aromatic carbocycles. The molecule has 0 radical (unpaired) electrons. The van der Waals surface area contributed by atoms with Crippen LogP contribution < -0.4 is 9.47 Å². The number of benzene rings is 1. The van der Waals surface area contributed by atoms with E-state index in [1.54, 1.807) is 14.2 Å². The summed E-state index contributed by atoms with van der Waals surface area (Å²) < 4.78 is 24.2. The molecule has 1 fully saturated rings. The molecule has 3 heterocycles. The third-order valence-electron chi connectivity index (χ3n) is 4.49. The van der Waals surface area contributed by atoms with E-state index in [2.05, 4.69) is 0 Å². The van der Waals surface area contributed by atoms with Gasteiger partial charge in [0.25, 0.3) is 0 Å². The first-order valence-electron chi connectivity index (χ1n) is 8.53. The summed E-state index contributed by atoms with van der Waals surface area (Å²) in [4.78, 5) is 4.76. The van der Waals surface area contributed by atoms with Crippen LogP contribution in [0.4, 0.5) is 0 Å². The van der Waals surface area contributed by atoms with Crippen molar-refractivity contribution < 1.29 is 18.6 Å². The average Bonchev–Trinajstić information content (AvgIpc) is 3.40. The number of hydrogen-bond acceptors (Lipinski definition) is 6. The maximum atomic E-state index is 5.71. The van der Waals surface area contributed by atoms with Crippen LogP contribution in [0, 0.1) is 6.92 Å². The van der Waals surface area contributed by atoms with Crippen molar-refractivity contribution >= 4 is 0 Å². The van der Waals surface area contributed by atoms with Gasteiger partial charge < -0.3 is 18.6 Å². The summed E-state index contributed by atoms with van der Waals surface area (Å²) in [6, 6.07) is 9.64. The van der Waals surface area contributed by atoms with E-state index in [1.807, 2.05) is 41.9 Å². The van der Waals surface area contributed by atoms with Gasteiger partial charge in [-0.1, -0.05) is 6.07 Å². The fourth-order valence-corrected chi connectivity index (χ4v) is 3.20. The highest BCUT2D eigenvalue weighted by Crippen LogP contribution is 2.39. The first kappa shape index (κ1) is 16.7. The smallest absolute Gasteiger partial charge is 0.217 e. The molecule has 0 bridgehead atoms. The molecule has 7 nitrogen and oxygen atoms in total. The Hall–Kier alpha value is -2.80. The van der Waals surface area contributed by atoms with Crippen LogP contribution in [0.1, 0.15) is 18.2 Å². The molecule has 3 aromatic rings. The Kier molecular flexibility index (Phi) is 4.38. The normalized spacial score (nSPS) is 16.8. The van der Waals surface area contributed by atoms with Crippen molar-refractivity contribution in [2.24, 2.45) is 0 Å². The Morgan fingerprint density at radius 3 is 2.69 bits per heavy atom. The van der Waals surface area contributed by atoms with Crippen LogP contribution in [-0.2, 0) is 4.74 Å². The first-order chi connectivity index (χ1) is 12.7. The molecular weight excluding hydrogens is 334 g/mol. The van der Waals surface area contributed by atoms with Gasteiger partial charge in [0, 0.05) is 6.61 Å². The zero-order chi connectivity index (χ0) is 18.1. The van der Waals surface area contributed by atoms with E-state index in [0.717, 1.165) is 17.7 Å². The molecule has 0 spiro atoms. The van der Waals surface area contributed by atoms with E-state index >= 15 is 0 Å². The lowest BCUT2D eigenvalue weighted by Crippen LogP contribution is -2.12. The van der Waals surface area contributed by atoms with Gasteiger partial charge in [-0.2, -0.15) is 0 Å². The van der Waals surface area contributed by atoms with Gasteiger partial charge in [0.15, 0.2) is 23.1 Å². The van der Waals surface area contributed by atoms with Crippen molar-refractivity contribution in [2.75, 3.05) is 27.4 Å². The van der Waals surface area contributed by atoms with Crippen molar-refractivity contribution in [1.29, 1.82) is 0 Å². The molecular formula is C19H21N3O4. The number of aryl methyl sites for hydroxylation is 1. The van der Waals surface area contributed by atoms with E-state index in [1.165, 1.54) is 0 Å². The molecule has 1 saturated heterocycles. The summed E-state index contributed by atoms with van der Waals surface area (Å²) in [6.45, 7) is 3.23. The summed E-state index contributed by atoms with van der Waals surface area (Å²) in [5.74, 6) is 4.00. The minimum absolute atomic E-state index is 0.123. The molecule has 136 valence electrons. The van der Waals surface area contributed by atoms with Gasteiger partial charge in [0.2, 0.25) is 5.82 Å². The summed E-state index contributed by atoms with van der Waals surface area (Å²) >= 11 is 0. The minimum Gasteiger partial charge on any atom is -0.493 e. The van der Waals surface area contributed by atoms with E-state index in [0.29, 0.717) is 42.1 Å². The number of nitrogens with zero attached hydrogens (tertiary/aromatic N) is 3. The quantitative estimate of drug-likeness (QED) is 0.698. The second-order valence-corrected chi connectivity index (χ2v) is 6.17. The lowest BCUT2D eigenvalue weighted by molar-refractivity contribution is 0.185. The third-order valence-corrected chi connectivity index (χ3v) is 4.49. The predicted octanol–water partition coefficient (Wildman–Crippen LogP) is 3.49. The van der Waals surface area contributed by atoms with Crippen molar-refractivity contribution in [2.45, 2.75) is 19.4 Å². The molecule has 0 saturated carbocycles. The number of aromatic nitrogens is 3. The van der Waals surface area contributed by atoms with Gasteiger partial charge >= 0.3 is 0 Å². The Balaban J connectivity index is 1.88. The molecule has 1 aliphatic heterocycles. The van der Waals surface area contributed by atoms with Crippen molar-refractivity contribution in [1.82, 2.24) is 14.8 Å². The molecule has 1 aliphatic rings. The maximum absolute atomic E-state index is 5.71. The molecule has 0 aliphatic carbocycles. The zero-order valence-electron chi connectivity index (χ0n) is 15.1. The first-order valence-corrected chi connectivity index (χ1v) is 8.53. The fraction of sp³-hybridized carbons (Fsp3) is 0.368. The lowest BCUT2D eigenvalue weighted by atomic mass is 10.1. The van der Waals surface area contributed by atoms with E-state index in [9.17, 15) is 0 Å². The van der Waals surface area contributed by atoms with E-state index in [-0.39, 0.29) is 6.04 Å². The molecule has 26 heavy (non-hydrogen) atoms. The Labute approximate surface area is 151 Å². The number of para-hydroxylation sites is 1. The van der Waals surface area contributed by atoms with Gasteiger partial charge in [0.1, 0.15) is 5.76 Å². The molecule has 1 atom stereocenters. The van der Waals surface area contributed by atoms with Crippen LogP contribution in [0.3, 0.4) is 0 Å². The fourth-order valence-electron chi connectivity index (χ4n) is 3.20. The van der Waals surface area contributed by atoms with Crippen molar-refractivity contribution in [3.8, 4) is 34.5 Å². The Morgan fingerprint density at radius 1 is 1.15 bits per heavy atom. The highest BCUT2D eigenvalue weighted by Gasteiger charge is 2.27. The van der Waals surface area contributed by atoms with Gasteiger partial charge in [-0.3, -0.25) is 0 Å². The summed E-state index contributed by atoms with van der Waals surface area (Å²) in [5.41, 5.74) is 0.820. The van der Waals surface area contributed by atoms with Gasteiger partial charge in [0.05, 0.1) is 32.4 Å². The molecule has 1 unspecified atom stereocenters. The average molecular weight is 355 g/mol. The standard InChI is InChI=1S/C19H21N3O4/c1-12-7-8-16(26-12)18-20-19(22(21-18)13-9-10-25-11-13)14-5-4-6-15(23-2)17(14)24-3/h4-8,13H,9-11H2,1-3H3. The molecule has 7 heteroatoms. The minimum atomic E-state index is 0.123. The van der Waals surface area contributed by atoms with E-state index < -0.39 is 0 Å². The number of methoxy groups -OCH3 is 2. The summed E-state index contributed by atoms with van der Waals surface area (Å²) in [6.07, 6.45) is 0.888. The molecule has 0 amide bonds. The van der Waals surface area contributed by atoms with Crippen LogP contribution in [0.2, 0.25) is 0 Å². The summed E-state index contributed by atoms with van der Waals surface area (Å²) in [5, 5.41) is 4.72. The second kappa shape index (κ2) is 6.84. The van der Waals surface area contributed by atoms with Crippen molar-refractivity contribution in [3.63, 3.8) is 0 Å². The molecule has 2 aromatic heterocycles. The third kappa shape index (κ3) is 2.84. The van der Waals surface area contributed by atoms with Gasteiger partial charge in [-0.05, 0) is 37.6 Å². The maximum Gasteiger partial charge on any atom is 0.217 e. The second-order valence-electron chi connectivity index (χ2n) is 6.17. The van der Waals surface area contributed by atoms with Crippen molar-refractivity contribution in [3.05, 3.63) is 36.1 Å². The van der Waals surface area contributed by atoms with Crippen LogP contribution in [0.25, 0.3) is 23.0 Å². The number of ether oxygens (including phenoxy) is 3. The van der Waals surface area contributed by atoms with Crippen LogP contribution in [-0.4, -0.2) is 42.2 Å². The SMILES string of the molecule is COc1cccc(-c2nc(-c3ccc(C)o3)nn2C2CCOC2)c1OC. The largest absolute Gasteiger partial charge is 0.493 e. The van der Waals surface area contributed by atoms with Gasteiger partial charge in [-0.15, -0.1) is 5.10 Å². The molecule has 4 rings (SSSR count). The number of rotatable bonds is 5. The monoisotopic (exact) mass is 355 g/mol. The number of hydrogen-bond donors (Lipinski definition) is 0. The molecule has 0 N–H and O–H groups in total. The highest BCUT2D eigenvalue weighted by molar-refractivity contribution is 5.70. The highest BCUT2D eigenvalue weighted by atomic mass is 16.5. The van der Waals surface area contributed by atoms with Crippen LogP contribution >= 0.6 is 0 Å². The summed E-state index contributed by atoms with van der Waals surface area (Å²) in [7, 11) is 3.24. The van der Waals surface area contributed by atoms with Gasteiger partial charge in [-0.25, -0.2) is 9.67 Å².